The van der Waals surface area contributed by atoms with Crippen LogP contribution in [0.5, 0.6) is 5.75 Å². The van der Waals surface area contributed by atoms with Gasteiger partial charge in [-0.3, -0.25) is 14.3 Å². The third-order valence-corrected chi connectivity index (χ3v) is 5.68. The lowest BCUT2D eigenvalue weighted by Crippen LogP contribution is -2.39. The zero-order valence-corrected chi connectivity index (χ0v) is 17.1. The molecule has 1 aromatic heterocycles. The van der Waals surface area contributed by atoms with Gasteiger partial charge in [-0.15, -0.1) is 0 Å². The molecule has 1 aliphatic carbocycles. The van der Waals surface area contributed by atoms with Gasteiger partial charge in [0, 0.05) is 19.0 Å². The van der Waals surface area contributed by atoms with E-state index >= 15 is 0 Å². The van der Waals surface area contributed by atoms with Crippen LogP contribution in [0.1, 0.15) is 50.4 Å². The molecule has 2 aromatic rings. The normalized spacial score (nSPS) is 18.0. The van der Waals surface area contributed by atoms with Gasteiger partial charge >= 0.3 is 5.69 Å². The van der Waals surface area contributed by atoms with E-state index in [-0.39, 0.29) is 17.5 Å². The van der Waals surface area contributed by atoms with Crippen LogP contribution in [0.3, 0.4) is 0 Å². The molecule has 0 unspecified atom stereocenters. The quantitative estimate of drug-likeness (QED) is 0.771. The number of carbonyl (C=O) groups is 1. The fourth-order valence-corrected chi connectivity index (χ4v) is 4.05. The lowest BCUT2D eigenvalue weighted by Gasteiger charge is -2.31. The summed E-state index contributed by atoms with van der Waals surface area (Å²) >= 11 is 0. The highest BCUT2D eigenvalue weighted by atomic mass is 16.5. The van der Waals surface area contributed by atoms with Crippen LogP contribution in [-0.4, -0.2) is 51.4 Å². The van der Waals surface area contributed by atoms with Crippen molar-refractivity contribution in [3.05, 3.63) is 40.6 Å². The van der Waals surface area contributed by atoms with Crippen molar-refractivity contribution in [1.29, 1.82) is 0 Å². The number of hydrogen-bond acceptors (Lipinski definition) is 5. The molecule has 1 aliphatic heterocycles. The summed E-state index contributed by atoms with van der Waals surface area (Å²) in [6, 6.07) is 7.82. The Morgan fingerprint density at radius 3 is 2.62 bits per heavy atom. The molecular formula is C21H29N5O3. The van der Waals surface area contributed by atoms with Crippen molar-refractivity contribution in [1.82, 2.24) is 19.2 Å². The van der Waals surface area contributed by atoms with Crippen molar-refractivity contribution < 1.29 is 9.53 Å². The van der Waals surface area contributed by atoms with Crippen LogP contribution in [0.15, 0.2) is 29.1 Å². The Bertz CT molecular complexity index is 923. The van der Waals surface area contributed by atoms with E-state index in [1.54, 1.807) is 7.05 Å². The predicted molar refractivity (Wildman–Crippen MR) is 110 cm³/mol. The Kier molecular flexibility index (Phi) is 5.71. The highest BCUT2D eigenvalue weighted by molar-refractivity contribution is 5.93. The average molecular weight is 399 g/mol. The van der Waals surface area contributed by atoms with Crippen LogP contribution in [0.4, 0.5) is 5.69 Å². The summed E-state index contributed by atoms with van der Waals surface area (Å²) in [5.74, 6) is 1.86. The first-order chi connectivity index (χ1) is 14.1. The summed E-state index contributed by atoms with van der Waals surface area (Å²) < 4.78 is 8.94. The van der Waals surface area contributed by atoms with Crippen molar-refractivity contribution in [2.45, 2.75) is 44.6 Å². The Morgan fingerprint density at radius 1 is 1.21 bits per heavy atom. The van der Waals surface area contributed by atoms with Gasteiger partial charge in [0.2, 0.25) is 5.91 Å². The highest BCUT2D eigenvalue weighted by Crippen LogP contribution is 2.37. The van der Waals surface area contributed by atoms with Crippen molar-refractivity contribution in [2.24, 2.45) is 7.05 Å². The summed E-state index contributed by atoms with van der Waals surface area (Å²) in [6.45, 7) is 4.47. The maximum Gasteiger partial charge on any atom is 0.345 e. The molecule has 1 aromatic carbocycles. The summed E-state index contributed by atoms with van der Waals surface area (Å²) in [5, 5.41) is 7.48. The van der Waals surface area contributed by atoms with E-state index in [1.165, 1.54) is 4.68 Å². The molecule has 8 nitrogen and oxygen atoms in total. The Balaban J connectivity index is 1.33. The van der Waals surface area contributed by atoms with Gasteiger partial charge in [0.15, 0.2) is 0 Å². The van der Waals surface area contributed by atoms with Crippen molar-refractivity contribution >= 4 is 11.6 Å². The maximum atomic E-state index is 12.5. The van der Waals surface area contributed by atoms with E-state index in [2.05, 4.69) is 15.3 Å². The summed E-state index contributed by atoms with van der Waals surface area (Å²) in [4.78, 5) is 27.0. The minimum absolute atomic E-state index is 0.00253. The van der Waals surface area contributed by atoms with Gasteiger partial charge in [-0.05, 0) is 57.8 Å². The van der Waals surface area contributed by atoms with Crippen LogP contribution in [0.2, 0.25) is 0 Å². The Labute approximate surface area is 170 Å². The standard InChI is InChI=1S/C21H29N5O3/c1-3-29-18-7-5-4-6-17(18)22-19(27)14-25-12-10-15(11-13-25)20-23-24(2)21(28)26(20)16-8-9-16/h4-7,15-16H,3,8-14H2,1-2H3,(H,22,27). The van der Waals surface area contributed by atoms with Gasteiger partial charge < -0.3 is 10.1 Å². The van der Waals surface area contributed by atoms with Crippen LogP contribution >= 0.6 is 0 Å². The number of nitrogens with zero attached hydrogens (tertiary/aromatic N) is 4. The van der Waals surface area contributed by atoms with Crippen LogP contribution in [-0.2, 0) is 11.8 Å². The molecule has 1 saturated heterocycles. The second kappa shape index (κ2) is 8.41. The minimum Gasteiger partial charge on any atom is -0.492 e. The topological polar surface area (TPSA) is 81.4 Å². The van der Waals surface area contributed by atoms with Gasteiger partial charge in [0.1, 0.15) is 11.6 Å². The average Bonchev–Trinajstić information content (AvgIpc) is 3.50. The third-order valence-electron chi connectivity index (χ3n) is 5.68. The zero-order chi connectivity index (χ0) is 20.4. The number of hydrogen-bond donors (Lipinski definition) is 1. The molecule has 0 bridgehead atoms. The van der Waals surface area contributed by atoms with Crippen molar-refractivity contribution in [3.63, 3.8) is 0 Å². The highest BCUT2D eigenvalue weighted by Gasteiger charge is 2.33. The molecular weight excluding hydrogens is 370 g/mol. The minimum atomic E-state index is -0.0386. The van der Waals surface area contributed by atoms with Gasteiger partial charge in [0.25, 0.3) is 0 Å². The molecule has 0 atom stereocenters. The van der Waals surface area contributed by atoms with E-state index in [9.17, 15) is 9.59 Å². The van der Waals surface area contributed by atoms with Crippen LogP contribution in [0.25, 0.3) is 0 Å². The first kappa shape index (κ1) is 19.7. The smallest absolute Gasteiger partial charge is 0.345 e. The number of ether oxygens (including phenoxy) is 1. The first-order valence-electron chi connectivity index (χ1n) is 10.5. The molecule has 29 heavy (non-hydrogen) atoms. The molecule has 0 spiro atoms. The monoisotopic (exact) mass is 399 g/mol. The SMILES string of the molecule is CCOc1ccccc1NC(=O)CN1CCC(c2nn(C)c(=O)n2C2CC2)CC1. The van der Waals surface area contributed by atoms with E-state index in [0.717, 1.165) is 44.6 Å². The summed E-state index contributed by atoms with van der Waals surface area (Å²) in [7, 11) is 1.73. The predicted octanol–water partition coefficient (Wildman–Crippen LogP) is 2.13. The molecule has 8 heteroatoms. The van der Waals surface area contributed by atoms with E-state index in [1.807, 2.05) is 35.8 Å². The van der Waals surface area contributed by atoms with Gasteiger partial charge in [-0.25, -0.2) is 9.48 Å². The number of para-hydroxylation sites is 2. The molecule has 156 valence electrons. The first-order valence-corrected chi connectivity index (χ1v) is 10.5. The fourth-order valence-electron chi connectivity index (χ4n) is 4.05. The zero-order valence-electron chi connectivity index (χ0n) is 17.1. The molecule has 2 aliphatic rings. The van der Waals surface area contributed by atoms with Crippen molar-refractivity contribution in [3.8, 4) is 5.75 Å². The number of anilines is 1. The van der Waals surface area contributed by atoms with Gasteiger partial charge in [-0.1, -0.05) is 12.1 Å². The van der Waals surface area contributed by atoms with E-state index < -0.39 is 0 Å². The summed E-state index contributed by atoms with van der Waals surface area (Å²) in [6.07, 6.45) is 3.96. The van der Waals surface area contributed by atoms with E-state index in [0.29, 0.717) is 30.6 Å². The number of aromatic nitrogens is 3. The number of aryl methyl sites for hydroxylation is 1. The molecule has 2 fully saturated rings. The van der Waals surface area contributed by atoms with Crippen molar-refractivity contribution in [2.75, 3.05) is 31.6 Å². The number of piperidine rings is 1. The molecule has 4 rings (SSSR count). The second-order valence-corrected chi connectivity index (χ2v) is 7.89. The number of benzene rings is 1. The number of rotatable bonds is 7. The largest absolute Gasteiger partial charge is 0.492 e. The van der Waals surface area contributed by atoms with E-state index in [4.69, 9.17) is 4.74 Å². The molecule has 0 radical (unpaired) electrons. The van der Waals surface area contributed by atoms with Crippen LogP contribution < -0.4 is 15.7 Å². The van der Waals surface area contributed by atoms with Gasteiger partial charge in [0.05, 0.1) is 18.8 Å². The molecule has 1 amide bonds. The number of carbonyl (C=O) groups excluding carboxylic acids is 1. The second-order valence-electron chi connectivity index (χ2n) is 7.89. The Morgan fingerprint density at radius 2 is 1.93 bits per heavy atom. The third kappa shape index (κ3) is 4.37. The number of likely N-dealkylation sites (tertiary alicyclic amines) is 1. The fraction of sp³-hybridized carbons (Fsp3) is 0.571. The summed E-state index contributed by atoms with van der Waals surface area (Å²) in [5.41, 5.74) is 0.702. The lowest BCUT2D eigenvalue weighted by atomic mass is 9.96. The number of nitrogens with one attached hydrogen (secondary N) is 1. The molecule has 1 N–H and O–H groups in total. The maximum absolute atomic E-state index is 12.5. The lowest BCUT2D eigenvalue weighted by molar-refractivity contribution is -0.117. The Hall–Kier alpha value is -2.61. The van der Waals surface area contributed by atoms with Crippen LogP contribution in [0, 0.1) is 0 Å². The molecule has 2 heterocycles. The number of amides is 1. The van der Waals surface area contributed by atoms with Gasteiger partial charge in [-0.2, -0.15) is 5.10 Å². The molecule has 1 saturated carbocycles.